The van der Waals surface area contributed by atoms with Crippen molar-refractivity contribution in [2.75, 3.05) is 0 Å². The molecule has 0 atom stereocenters. The van der Waals surface area contributed by atoms with E-state index in [0.717, 1.165) is 23.5 Å². The summed E-state index contributed by atoms with van der Waals surface area (Å²) in [6.45, 7) is 0. The molecule has 3 rings (SSSR count). The summed E-state index contributed by atoms with van der Waals surface area (Å²) in [5.41, 5.74) is 2.28. The lowest BCUT2D eigenvalue weighted by Gasteiger charge is -2.15. The van der Waals surface area contributed by atoms with Crippen LogP contribution in [0.3, 0.4) is 0 Å². The second kappa shape index (κ2) is 3.31. The Kier molecular flexibility index (Phi) is 1.85. The third kappa shape index (κ3) is 1.44. The average molecular weight is 198 g/mol. The van der Waals surface area contributed by atoms with Crippen LogP contribution in [0.25, 0.3) is 5.57 Å². The zero-order valence-corrected chi connectivity index (χ0v) is 8.14. The van der Waals surface area contributed by atoms with Gasteiger partial charge in [-0.1, -0.05) is 18.2 Å². The highest BCUT2D eigenvalue weighted by molar-refractivity contribution is 5.66. The van der Waals surface area contributed by atoms with Gasteiger partial charge in [0.15, 0.2) is 0 Å². The van der Waals surface area contributed by atoms with Gasteiger partial charge >= 0.3 is 0 Å². The Morgan fingerprint density at radius 3 is 2.80 bits per heavy atom. The van der Waals surface area contributed by atoms with Crippen molar-refractivity contribution < 1.29 is 9.15 Å². The number of furan rings is 1. The second-order valence-electron chi connectivity index (χ2n) is 3.52. The van der Waals surface area contributed by atoms with Crippen LogP contribution in [0.2, 0.25) is 0 Å². The van der Waals surface area contributed by atoms with Crippen molar-refractivity contribution in [3.05, 3.63) is 60.2 Å². The molecule has 2 nitrogen and oxygen atoms in total. The minimum atomic E-state index is 0.865. The number of ether oxygens (including phenoxy) is 1. The largest absolute Gasteiger partial charge is 0.465 e. The van der Waals surface area contributed by atoms with Crippen LogP contribution < -0.4 is 4.74 Å². The third-order valence-electron chi connectivity index (χ3n) is 2.52. The van der Waals surface area contributed by atoms with Crippen LogP contribution >= 0.6 is 0 Å². The number of hydrogen-bond donors (Lipinski definition) is 0. The van der Waals surface area contributed by atoms with Gasteiger partial charge in [-0.2, -0.15) is 0 Å². The second-order valence-corrected chi connectivity index (χ2v) is 3.52. The van der Waals surface area contributed by atoms with Gasteiger partial charge in [-0.3, -0.25) is 0 Å². The molecule has 1 aromatic heterocycles. The van der Waals surface area contributed by atoms with Crippen molar-refractivity contribution in [1.82, 2.24) is 0 Å². The molecule has 0 aliphatic carbocycles. The molecular formula is C13H10O2. The van der Waals surface area contributed by atoms with Gasteiger partial charge in [0.1, 0.15) is 11.5 Å². The van der Waals surface area contributed by atoms with Gasteiger partial charge in [0.2, 0.25) is 0 Å². The Bertz CT molecular complexity index is 495. The van der Waals surface area contributed by atoms with E-state index in [4.69, 9.17) is 9.15 Å². The fourth-order valence-electron chi connectivity index (χ4n) is 1.75. The van der Waals surface area contributed by atoms with E-state index >= 15 is 0 Å². The first kappa shape index (κ1) is 8.36. The van der Waals surface area contributed by atoms with Crippen molar-refractivity contribution in [1.29, 1.82) is 0 Å². The van der Waals surface area contributed by atoms with E-state index in [1.165, 1.54) is 5.56 Å². The number of allylic oxidation sites excluding steroid dienone is 1. The molecule has 0 fully saturated rings. The summed E-state index contributed by atoms with van der Waals surface area (Å²) >= 11 is 0. The van der Waals surface area contributed by atoms with Gasteiger partial charge in [-0.05, 0) is 23.8 Å². The van der Waals surface area contributed by atoms with Gasteiger partial charge in [0.25, 0.3) is 0 Å². The van der Waals surface area contributed by atoms with E-state index < -0.39 is 0 Å². The van der Waals surface area contributed by atoms with Crippen LogP contribution in [0, 0.1) is 0 Å². The molecule has 2 aromatic rings. The van der Waals surface area contributed by atoms with Gasteiger partial charge in [0.05, 0.1) is 12.5 Å². The van der Waals surface area contributed by atoms with E-state index in [1.54, 1.807) is 12.5 Å². The van der Waals surface area contributed by atoms with Crippen LogP contribution in [0.1, 0.15) is 11.3 Å². The van der Waals surface area contributed by atoms with Gasteiger partial charge in [-0.15, -0.1) is 0 Å². The maximum atomic E-state index is 5.54. The van der Waals surface area contributed by atoms with Crippen LogP contribution in [0.4, 0.5) is 0 Å². The number of benzene rings is 1. The Balaban J connectivity index is 1.96. The Morgan fingerprint density at radius 1 is 1.00 bits per heavy atom. The van der Waals surface area contributed by atoms with Gasteiger partial charge < -0.3 is 9.15 Å². The minimum absolute atomic E-state index is 0.865. The molecule has 0 amide bonds. The SMILES string of the molecule is C1=C(c2ccco2)Cc2ccccc2O1. The molecule has 0 bridgehead atoms. The molecule has 0 saturated carbocycles. The van der Waals surface area contributed by atoms with E-state index in [0.29, 0.717) is 0 Å². The Hall–Kier alpha value is -1.96. The molecule has 1 aliphatic rings. The monoisotopic (exact) mass is 198 g/mol. The van der Waals surface area contributed by atoms with Crippen LogP contribution in [0.15, 0.2) is 53.3 Å². The fraction of sp³-hybridized carbons (Fsp3) is 0.0769. The highest BCUT2D eigenvalue weighted by atomic mass is 16.5. The van der Waals surface area contributed by atoms with Crippen LogP contribution in [-0.4, -0.2) is 0 Å². The summed E-state index contributed by atoms with van der Waals surface area (Å²) in [5.74, 6) is 1.82. The van der Waals surface area contributed by atoms with E-state index in [1.807, 2.05) is 30.3 Å². The van der Waals surface area contributed by atoms with Crippen molar-refractivity contribution in [2.24, 2.45) is 0 Å². The topological polar surface area (TPSA) is 22.4 Å². The summed E-state index contributed by atoms with van der Waals surface area (Å²) in [4.78, 5) is 0. The Labute approximate surface area is 87.8 Å². The molecular weight excluding hydrogens is 188 g/mol. The number of fused-ring (bicyclic) bond motifs is 1. The predicted octanol–water partition coefficient (Wildman–Crippen LogP) is 3.26. The van der Waals surface area contributed by atoms with E-state index in [9.17, 15) is 0 Å². The quantitative estimate of drug-likeness (QED) is 0.701. The standard InChI is InChI=1S/C13H10O2/c1-2-5-12-10(4-1)8-11(9-15-12)13-6-3-7-14-13/h1-7,9H,8H2. The van der Waals surface area contributed by atoms with E-state index in [2.05, 4.69) is 6.07 Å². The molecule has 1 aliphatic heterocycles. The van der Waals surface area contributed by atoms with Crippen molar-refractivity contribution >= 4 is 5.57 Å². The molecule has 0 spiro atoms. The number of rotatable bonds is 1. The van der Waals surface area contributed by atoms with Gasteiger partial charge in [0, 0.05) is 12.0 Å². The van der Waals surface area contributed by atoms with Crippen molar-refractivity contribution in [3.8, 4) is 5.75 Å². The molecule has 1 aromatic carbocycles. The average Bonchev–Trinajstić information content (AvgIpc) is 2.82. The lowest BCUT2D eigenvalue weighted by molar-refractivity contribution is 0.463. The molecule has 0 saturated heterocycles. The van der Waals surface area contributed by atoms with Crippen molar-refractivity contribution in [3.63, 3.8) is 0 Å². The fourth-order valence-corrected chi connectivity index (χ4v) is 1.75. The molecule has 2 heteroatoms. The summed E-state index contributed by atoms with van der Waals surface area (Å²) < 4.78 is 10.9. The highest BCUT2D eigenvalue weighted by Gasteiger charge is 2.14. The summed E-state index contributed by atoms with van der Waals surface area (Å²) in [6, 6.07) is 11.9. The molecule has 0 radical (unpaired) electrons. The normalized spacial score (nSPS) is 14.0. The summed E-state index contributed by atoms with van der Waals surface area (Å²) in [6.07, 6.45) is 4.31. The number of hydrogen-bond acceptors (Lipinski definition) is 2. The molecule has 15 heavy (non-hydrogen) atoms. The first-order valence-corrected chi connectivity index (χ1v) is 4.91. The van der Waals surface area contributed by atoms with E-state index in [-0.39, 0.29) is 0 Å². The van der Waals surface area contributed by atoms with Gasteiger partial charge in [-0.25, -0.2) is 0 Å². The molecule has 74 valence electrons. The molecule has 0 N–H and O–H groups in total. The first-order chi connectivity index (χ1) is 7.43. The predicted molar refractivity (Wildman–Crippen MR) is 57.5 cm³/mol. The maximum Gasteiger partial charge on any atom is 0.133 e. The number of para-hydroxylation sites is 1. The van der Waals surface area contributed by atoms with Crippen molar-refractivity contribution in [2.45, 2.75) is 6.42 Å². The smallest absolute Gasteiger partial charge is 0.133 e. The minimum Gasteiger partial charge on any atom is -0.465 e. The zero-order valence-electron chi connectivity index (χ0n) is 8.14. The lowest BCUT2D eigenvalue weighted by Crippen LogP contribution is -2.01. The lowest BCUT2D eigenvalue weighted by atomic mass is 10.0. The third-order valence-corrected chi connectivity index (χ3v) is 2.52. The van der Waals surface area contributed by atoms with Crippen LogP contribution in [-0.2, 0) is 6.42 Å². The zero-order chi connectivity index (χ0) is 10.1. The summed E-state index contributed by atoms with van der Waals surface area (Å²) in [5, 5.41) is 0. The van der Waals surface area contributed by atoms with Crippen LogP contribution in [0.5, 0.6) is 5.75 Å². The molecule has 2 heterocycles. The highest BCUT2D eigenvalue weighted by Crippen LogP contribution is 2.30. The first-order valence-electron chi connectivity index (χ1n) is 4.91. The summed E-state index contributed by atoms with van der Waals surface area (Å²) in [7, 11) is 0. The maximum absolute atomic E-state index is 5.54. The Morgan fingerprint density at radius 2 is 1.93 bits per heavy atom. The molecule has 0 unspecified atom stereocenters.